The molecule has 0 heterocycles. The third kappa shape index (κ3) is 5.83. The average Bonchev–Trinajstić information content (AvgIpc) is 2.72. The van der Waals surface area contributed by atoms with Gasteiger partial charge in [0, 0.05) is 6.42 Å². The van der Waals surface area contributed by atoms with E-state index >= 15 is 0 Å². The number of hydrogen-bond donors (Lipinski definition) is 1. The maximum absolute atomic E-state index is 10.6. The SMILES string of the molecule is O[C@H](C[C@@H](CCc1ccccc1)OCc1ccccc1)c1ccccc1. The Morgan fingerprint density at radius 2 is 1.23 bits per heavy atom. The van der Waals surface area contributed by atoms with Crippen molar-refractivity contribution in [1.82, 2.24) is 0 Å². The molecule has 0 aromatic heterocycles. The highest BCUT2D eigenvalue weighted by atomic mass is 16.5. The number of benzene rings is 3. The van der Waals surface area contributed by atoms with Crippen molar-refractivity contribution >= 4 is 0 Å². The van der Waals surface area contributed by atoms with Crippen molar-refractivity contribution in [2.75, 3.05) is 0 Å². The lowest BCUT2D eigenvalue weighted by Gasteiger charge is -2.21. The second-order valence-corrected chi connectivity index (χ2v) is 6.61. The number of rotatable bonds is 9. The van der Waals surface area contributed by atoms with Gasteiger partial charge in [0.25, 0.3) is 0 Å². The summed E-state index contributed by atoms with van der Waals surface area (Å²) in [4.78, 5) is 0. The summed E-state index contributed by atoms with van der Waals surface area (Å²) in [5.41, 5.74) is 3.40. The Balaban J connectivity index is 1.62. The predicted molar refractivity (Wildman–Crippen MR) is 106 cm³/mol. The second kappa shape index (κ2) is 9.91. The van der Waals surface area contributed by atoms with Gasteiger partial charge in [-0.05, 0) is 29.5 Å². The van der Waals surface area contributed by atoms with Crippen molar-refractivity contribution in [3.05, 3.63) is 108 Å². The monoisotopic (exact) mass is 346 g/mol. The van der Waals surface area contributed by atoms with E-state index in [1.54, 1.807) is 0 Å². The summed E-state index contributed by atoms with van der Waals surface area (Å²) in [6.45, 7) is 0.571. The molecular formula is C24H26O2. The van der Waals surface area contributed by atoms with E-state index in [1.807, 2.05) is 54.6 Å². The van der Waals surface area contributed by atoms with Gasteiger partial charge in [-0.25, -0.2) is 0 Å². The van der Waals surface area contributed by atoms with Crippen molar-refractivity contribution in [1.29, 1.82) is 0 Å². The van der Waals surface area contributed by atoms with Crippen LogP contribution in [-0.2, 0) is 17.8 Å². The van der Waals surface area contributed by atoms with E-state index in [-0.39, 0.29) is 6.10 Å². The van der Waals surface area contributed by atoms with Crippen LogP contribution in [0.25, 0.3) is 0 Å². The van der Waals surface area contributed by atoms with Gasteiger partial charge < -0.3 is 9.84 Å². The summed E-state index contributed by atoms with van der Waals surface area (Å²) in [6, 6.07) is 30.5. The van der Waals surface area contributed by atoms with E-state index in [4.69, 9.17) is 4.74 Å². The minimum atomic E-state index is -0.507. The first-order valence-electron chi connectivity index (χ1n) is 9.24. The lowest BCUT2D eigenvalue weighted by molar-refractivity contribution is -0.000998. The molecular weight excluding hydrogens is 320 g/mol. The summed E-state index contributed by atoms with van der Waals surface area (Å²) in [7, 11) is 0. The van der Waals surface area contributed by atoms with Crippen LogP contribution in [0.15, 0.2) is 91.0 Å². The number of aliphatic hydroxyl groups excluding tert-OH is 1. The van der Waals surface area contributed by atoms with Crippen molar-refractivity contribution in [3.63, 3.8) is 0 Å². The van der Waals surface area contributed by atoms with E-state index in [0.717, 1.165) is 24.0 Å². The summed E-state index contributed by atoms with van der Waals surface area (Å²) in [6.07, 6.45) is 1.94. The topological polar surface area (TPSA) is 29.5 Å². The van der Waals surface area contributed by atoms with E-state index in [1.165, 1.54) is 5.56 Å². The molecule has 3 aromatic rings. The van der Waals surface area contributed by atoms with Gasteiger partial charge in [0.1, 0.15) is 0 Å². The Morgan fingerprint density at radius 1 is 0.692 bits per heavy atom. The molecule has 26 heavy (non-hydrogen) atoms. The van der Waals surface area contributed by atoms with Crippen molar-refractivity contribution in [2.45, 2.75) is 38.1 Å². The Hall–Kier alpha value is -2.42. The smallest absolute Gasteiger partial charge is 0.0814 e. The van der Waals surface area contributed by atoms with Crippen LogP contribution in [0.2, 0.25) is 0 Å². The van der Waals surface area contributed by atoms with Crippen LogP contribution in [0.3, 0.4) is 0 Å². The molecule has 0 radical (unpaired) electrons. The fourth-order valence-corrected chi connectivity index (χ4v) is 3.09. The van der Waals surface area contributed by atoms with Gasteiger partial charge in [0.05, 0.1) is 18.8 Å². The van der Waals surface area contributed by atoms with Gasteiger partial charge in [-0.3, -0.25) is 0 Å². The minimum Gasteiger partial charge on any atom is -0.388 e. The summed E-state index contributed by atoms with van der Waals surface area (Å²) in [5.74, 6) is 0. The van der Waals surface area contributed by atoms with Gasteiger partial charge in [-0.1, -0.05) is 91.0 Å². The summed E-state index contributed by atoms with van der Waals surface area (Å²) >= 11 is 0. The first-order valence-corrected chi connectivity index (χ1v) is 9.24. The molecule has 2 heteroatoms. The van der Waals surface area contributed by atoms with E-state index < -0.39 is 6.10 Å². The van der Waals surface area contributed by atoms with Crippen LogP contribution in [-0.4, -0.2) is 11.2 Å². The standard InChI is InChI=1S/C24H26O2/c25-24(22-14-8-3-9-15-22)18-23(17-16-20-10-4-1-5-11-20)26-19-21-12-6-2-7-13-21/h1-15,23-25H,16-19H2/t23-,24-/m1/s1. The zero-order chi connectivity index (χ0) is 18.0. The van der Waals surface area contributed by atoms with E-state index in [0.29, 0.717) is 13.0 Å². The lowest BCUT2D eigenvalue weighted by atomic mass is 9.99. The molecule has 0 saturated carbocycles. The largest absolute Gasteiger partial charge is 0.388 e. The zero-order valence-corrected chi connectivity index (χ0v) is 15.0. The van der Waals surface area contributed by atoms with Crippen molar-refractivity contribution in [3.8, 4) is 0 Å². The van der Waals surface area contributed by atoms with Gasteiger partial charge in [-0.15, -0.1) is 0 Å². The fraction of sp³-hybridized carbons (Fsp3) is 0.250. The predicted octanol–water partition coefficient (Wildman–Crippen LogP) is 5.33. The first-order chi connectivity index (χ1) is 12.8. The highest BCUT2D eigenvalue weighted by Gasteiger charge is 2.17. The van der Waals surface area contributed by atoms with Gasteiger partial charge in [0.2, 0.25) is 0 Å². The molecule has 0 saturated heterocycles. The normalized spacial score (nSPS) is 13.3. The van der Waals surface area contributed by atoms with Crippen molar-refractivity contribution < 1.29 is 9.84 Å². The molecule has 3 aromatic carbocycles. The molecule has 3 rings (SSSR count). The lowest BCUT2D eigenvalue weighted by Crippen LogP contribution is -2.18. The third-order valence-electron chi connectivity index (χ3n) is 4.60. The molecule has 0 amide bonds. The van der Waals surface area contributed by atoms with Crippen LogP contribution >= 0.6 is 0 Å². The molecule has 0 bridgehead atoms. The van der Waals surface area contributed by atoms with Crippen molar-refractivity contribution in [2.24, 2.45) is 0 Å². The molecule has 134 valence electrons. The maximum atomic E-state index is 10.6. The molecule has 1 N–H and O–H groups in total. The van der Waals surface area contributed by atoms with Gasteiger partial charge in [-0.2, -0.15) is 0 Å². The molecule has 0 aliphatic rings. The first kappa shape index (κ1) is 18.4. The van der Waals surface area contributed by atoms with Gasteiger partial charge >= 0.3 is 0 Å². The Bertz CT molecular complexity index is 697. The zero-order valence-electron chi connectivity index (χ0n) is 15.0. The molecule has 0 fully saturated rings. The average molecular weight is 346 g/mol. The number of aliphatic hydroxyl groups is 1. The van der Waals surface area contributed by atoms with Crippen LogP contribution in [0, 0.1) is 0 Å². The summed E-state index contributed by atoms with van der Waals surface area (Å²) < 4.78 is 6.18. The number of ether oxygens (including phenoxy) is 1. The number of aryl methyl sites for hydroxylation is 1. The maximum Gasteiger partial charge on any atom is 0.0814 e. The molecule has 0 unspecified atom stereocenters. The second-order valence-electron chi connectivity index (χ2n) is 6.61. The molecule has 0 aliphatic heterocycles. The molecule has 0 spiro atoms. The molecule has 2 atom stereocenters. The quantitative estimate of drug-likeness (QED) is 0.567. The highest BCUT2D eigenvalue weighted by molar-refractivity contribution is 5.18. The van der Waals surface area contributed by atoms with Crippen LogP contribution in [0.5, 0.6) is 0 Å². The fourth-order valence-electron chi connectivity index (χ4n) is 3.09. The van der Waals surface area contributed by atoms with Gasteiger partial charge in [0.15, 0.2) is 0 Å². The van der Waals surface area contributed by atoms with Crippen LogP contribution in [0.4, 0.5) is 0 Å². The van der Waals surface area contributed by atoms with Crippen LogP contribution < -0.4 is 0 Å². The Labute approximate surface area is 156 Å². The third-order valence-corrected chi connectivity index (χ3v) is 4.60. The summed E-state index contributed by atoms with van der Waals surface area (Å²) in [5, 5.41) is 10.6. The van der Waals surface area contributed by atoms with E-state index in [9.17, 15) is 5.11 Å². The van der Waals surface area contributed by atoms with Crippen LogP contribution in [0.1, 0.15) is 35.6 Å². The molecule has 2 nitrogen and oxygen atoms in total. The Kier molecular flexibility index (Phi) is 7.00. The highest BCUT2D eigenvalue weighted by Crippen LogP contribution is 2.23. The van der Waals surface area contributed by atoms with E-state index in [2.05, 4.69) is 36.4 Å². The Morgan fingerprint density at radius 3 is 1.85 bits per heavy atom. The molecule has 0 aliphatic carbocycles. The number of hydrogen-bond acceptors (Lipinski definition) is 2. The minimum absolute atomic E-state index is 0.00520.